The van der Waals surface area contributed by atoms with Crippen molar-refractivity contribution in [2.24, 2.45) is 0 Å². The van der Waals surface area contributed by atoms with E-state index in [1.165, 1.54) is 24.3 Å². The number of nitrogens with one attached hydrogen (secondary N) is 2. The lowest BCUT2D eigenvalue weighted by molar-refractivity contribution is -0.122. The van der Waals surface area contributed by atoms with Crippen molar-refractivity contribution in [3.63, 3.8) is 0 Å². The Morgan fingerprint density at radius 3 is 2.50 bits per heavy atom. The molecule has 1 heterocycles. The number of thioether (sulfide) groups is 1. The second kappa shape index (κ2) is 9.09. The van der Waals surface area contributed by atoms with Crippen molar-refractivity contribution in [1.82, 2.24) is 25.5 Å². The first-order valence-corrected chi connectivity index (χ1v) is 9.30. The zero-order chi connectivity index (χ0) is 19.9. The third-order valence-corrected chi connectivity index (χ3v) is 4.55. The molecule has 3 aromatic rings. The number of rotatable bonds is 7. The number of halogens is 1. The minimum absolute atomic E-state index is 0.0516. The summed E-state index contributed by atoms with van der Waals surface area (Å²) in [5.41, 5.74) is 2.36. The smallest absolute Gasteiger partial charge is 0.243 e. The third kappa shape index (κ3) is 5.36. The highest BCUT2D eigenvalue weighted by Crippen LogP contribution is 2.18. The highest BCUT2D eigenvalue weighted by Gasteiger charge is 2.12. The van der Waals surface area contributed by atoms with Crippen molar-refractivity contribution in [3.05, 3.63) is 59.9 Å². The molecule has 0 saturated heterocycles. The Morgan fingerprint density at radius 1 is 1.07 bits per heavy atom. The average Bonchev–Trinajstić information content (AvgIpc) is 3.16. The highest BCUT2D eigenvalue weighted by atomic mass is 32.2. The molecule has 0 aliphatic carbocycles. The summed E-state index contributed by atoms with van der Waals surface area (Å²) in [6.45, 7) is 1.79. The van der Waals surface area contributed by atoms with Gasteiger partial charge < -0.3 is 10.6 Å². The number of carbonyl (C=O) groups is 2. The quantitative estimate of drug-likeness (QED) is 0.588. The van der Waals surface area contributed by atoms with Crippen LogP contribution in [0.2, 0.25) is 0 Å². The summed E-state index contributed by atoms with van der Waals surface area (Å²) in [5, 5.41) is 17.1. The van der Waals surface area contributed by atoms with E-state index in [9.17, 15) is 14.0 Å². The average molecular weight is 400 g/mol. The molecule has 0 bridgehead atoms. The molecule has 0 aliphatic rings. The van der Waals surface area contributed by atoms with Gasteiger partial charge in [-0.1, -0.05) is 29.5 Å². The van der Waals surface area contributed by atoms with Crippen molar-refractivity contribution in [3.8, 4) is 5.69 Å². The van der Waals surface area contributed by atoms with Gasteiger partial charge >= 0.3 is 0 Å². The standard InChI is InChI=1S/C18H17FN6O2S/c1-12-2-8-15(9-3-12)25-18(22-23-24-25)28-11-17(27)20-10-16(26)21-14-6-4-13(19)5-7-14/h2-9H,10-11H2,1H3,(H,20,27)(H,21,26). The molecule has 0 saturated carbocycles. The second-order valence-electron chi connectivity index (χ2n) is 5.83. The largest absolute Gasteiger partial charge is 0.346 e. The Bertz CT molecular complexity index is 959. The molecule has 28 heavy (non-hydrogen) atoms. The van der Waals surface area contributed by atoms with Crippen LogP contribution in [0.4, 0.5) is 10.1 Å². The molecule has 144 valence electrons. The van der Waals surface area contributed by atoms with Crippen molar-refractivity contribution in [1.29, 1.82) is 0 Å². The van der Waals surface area contributed by atoms with Crippen LogP contribution in [0.5, 0.6) is 0 Å². The van der Waals surface area contributed by atoms with Crippen LogP contribution in [0.15, 0.2) is 53.7 Å². The van der Waals surface area contributed by atoms with Crippen LogP contribution >= 0.6 is 11.8 Å². The fraction of sp³-hybridized carbons (Fsp3) is 0.167. The first kappa shape index (κ1) is 19.5. The van der Waals surface area contributed by atoms with Gasteiger partial charge in [-0.15, -0.1) is 5.10 Å². The van der Waals surface area contributed by atoms with Crippen LogP contribution in [0.25, 0.3) is 5.69 Å². The van der Waals surface area contributed by atoms with Gasteiger partial charge in [0.2, 0.25) is 17.0 Å². The van der Waals surface area contributed by atoms with E-state index in [1.807, 2.05) is 31.2 Å². The number of nitrogens with zero attached hydrogens (tertiary/aromatic N) is 4. The number of aromatic nitrogens is 4. The number of amides is 2. The van der Waals surface area contributed by atoms with E-state index in [-0.39, 0.29) is 18.2 Å². The zero-order valence-electron chi connectivity index (χ0n) is 14.9. The molecule has 0 radical (unpaired) electrons. The van der Waals surface area contributed by atoms with E-state index >= 15 is 0 Å². The maximum absolute atomic E-state index is 12.8. The van der Waals surface area contributed by atoms with Crippen LogP contribution in [-0.4, -0.2) is 44.3 Å². The maximum Gasteiger partial charge on any atom is 0.243 e. The topological polar surface area (TPSA) is 102 Å². The number of hydrogen-bond donors (Lipinski definition) is 2. The fourth-order valence-corrected chi connectivity index (χ4v) is 2.94. The Labute approximate surface area is 164 Å². The molecule has 2 aromatic carbocycles. The minimum atomic E-state index is -0.408. The van der Waals surface area contributed by atoms with E-state index in [0.717, 1.165) is 23.0 Å². The van der Waals surface area contributed by atoms with Gasteiger partial charge in [-0.25, -0.2) is 4.39 Å². The van der Waals surface area contributed by atoms with Gasteiger partial charge in [0.15, 0.2) is 0 Å². The predicted molar refractivity (Wildman–Crippen MR) is 103 cm³/mol. The van der Waals surface area contributed by atoms with Crippen molar-refractivity contribution in [2.75, 3.05) is 17.6 Å². The van der Waals surface area contributed by atoms with Gasteiger partial charge in [-0.2, -0.15) is 4.68 Å². The molecule has 10 heteroatoms. The fourth-order valence-electron chi connectivity index (χ4n) is 2.22. The number of benzene rings is 2. The number of carbonyl (C=O) groups excluding carboxylic acids is 2. The van der Waals surface area contributed by atoms with E-state index in [4.69, 9.17) is 0 Å². The number of anilines is 1. The molecule has 0 unspecified atom stereocenters. The summed E-state index contributed by atoms with van der Waals surface area (Å²) in [6.07, 6.45) is 0. The highest BCUT2D eigenvalue weighted by molar-refractivity contribution is 7.99. The van der Waals surface area contributed by atoms with E-state index in [0.29, 0.717) is 10.8 Å². The summed E-state index contributed by atoms with van der Waals surface area (Å²) in [4.78, 5) is 23.8. The summed E-state index contributed by atoms with van der Waals surface area (Å²) in [5.74, 6) is -1.08. The molecule has 3 rings (SSSR count). The summed E-state index contributed by atoms with van der Waals surface area (Å²) in [6, 6.07) is 13.0. The van der Waals surface area contributed by atoms with Crippen LogP contribution < -0.4 is 10.6 Å². The molecule has 0 spiro atoms. The monoisotopic (exact) mass is 400 g/mol. The normalized spacial score (nSPS) is 10.5. The minimum Gasteiger partial charge on any atom is -0.346 e. The van der Waals surface area contributed by atoms with Gasteiger partial charge in [-0.3, -0.25) is 9.59 Å². The first-order valence-electron chi connectivity index (χ1n) is 8.31. The predicted octanol–water partition coefficient (Wildman–Crippen LogP) is 1.96. The van der Waals surface area contributed by atoms with Crippen LogP contribution in [0, 0.1) is 12.7 Å². The number of hydrogen-bond acceptors (Lipinski definition) is 6. The molecule has 0 atom stereocenters. The van der Waals surface area contributed by atoms with Crippen LogP contribution in [0.3, 0.4) is 0 Å². The van der Waals surface area contributed by atoms with Crippen LogP contribution in [-0.2, 0) is 9.59 Å². The zero-order valence-corrected chi connectivity index (χ0v) is 15.7. The van der Waals surface area contributed by atoms with Crippen LogP contribution in [0.1, 0.15) is 5.56 Å². The molecule has 8 nitrogen and oxygen atoms in total. The van der Waals surface area contributed by atoms with Gasteiger partial charge in [0.1, 0.15) is 5.82 Å². The Hall–Kier alpha value is -3.27. The second-order valence-corrected chi connectivity index (χ2v) is 6.77. The summed E-state index contributed by atoms with van der Waals surface area (Å²) < 4.78 is 14.4. The molecular formula is C18H17FN6O2S. The van der Waals surface area contributed by atoms with E-state index in [1.54, 1.807) is 4.68 Å². The van der Waals surface area contributed by atoms with E-state index in [2.05, 4.69) is 26.2 Å². The lowest BCUT2D eigenvalue weighted by Crippen LogP contribution is -2.33. The molecule has 2 amide bonds. The number of tetrazole rings is 1. The third-order valence-electron chi connectivity index (χ3n) is 3.63. The SMILES string of the molecule is Cc1ccc(-n2nnnc2SCC(=O)NCC(=O)Nc2ccc(F)cc2)cc1. The lowest BCUT2D eigenvalue weighted by atomic mass is 10.2. The Balaban J connectivity index is 1.47. The first-order chi connectivity index (χ1) is 13.5. The number of aryl methyl sites for hydroxylation is 1. The summed E-state index contributed by atoms with van der Waals surface area (Å²) in [7, 11) is 0. The van der Waals surface area contributed by atoms with E-state index < -0.39 is 11.7 Å². The molecule has 0 aliphatic heterocycles. The van der Waals surface area contributed by atoms with Gasteiger partial charge in [-0.05, 0) is 53.7 Å². The van der Waals surface area contributed by atoms with Crippen molar-refractivity contribution >= 4 is 29.3 Å². The lowest BCUT2D eigenvalue weighted by Gasteiger charge is -2.07. The molecule has 0 fully saturated rings. The van der Waals surface area contributed by atoms with Gasteiger partial charge in [0, 0.05) is 5.69 Å². The Kier molecular flexibility index (Phi) is 6.33. The maximum atomic E-state index is 12.8. The van der Waals surface area contributed by atoms with Crippen molar-refractivity contribution in [2.45, 2.75) is 12.1 Å². The molecule has 2 N–H and O–H groups in total. The molecule has 1 aromatic heterocycles. The summed E-state index contributed by atoms with van der Waals surface area (Å²) >= 11 is 1.16. The van der Waals surface area contributed by atoms with Gasteiger partial charge in [0.25, 0.3) is 0 Å². The Morgan fingerprint density at radius 2 is 1.79 bits per heavy atom. The van der Waals surface area contributed by atoms with Gasteiger partial charge in [0.05, 0.1) is 18.0 Å². The van der Waals surface area contributed by atoms with Crippen molar-refractivity contribution < 1.29 is 14.0 Å². The molecular weight excluding hydrogens is 383 g/mol.